The minimum Gasteiger partial charge on any atom is -0.401 e. The summed E-state index contributed by atoms with van der Waals surface area (Å²) in [6.45, 7) is -0.176. The van der Waals surface area contributed by atoms with Crippen LogP contribution in [0.25, 0.3) is 11.3 Å². The molecule has 0 unspecified atom stereocenters. The second-order valence-electron chi connectivity index (χ2n) is 5.39. The molecule has 1 aromatic carbocycles. The molecular weight excluding hydrogens is 399 g/mol. The molecule has 142 valence electrons. The van der Waals surface area contributed by atoms with Crippen molar-refractivity contribution in [2.24, 2.45) is 10.7 Å². The van der Waals surface area contributed by atoms with Crippen LogP contribution in [-0.4, -0.2) is 28.1 Å². The molecular formula is C17H15Cl2F2N5O. The number of hydrogen-bond donors (Lipinski definition) is 2. The monoisotopic (exact) mass is 413 g/mol. The number of carbonyl (C=O) groups excluding carboxylic acids is 1. The number of nitrogens with one attached hydrogen (secondary N) is 1. The molecule has 0 saturated heterocycles. The minimum absolute atomic E-state index is 0.0323. The van der Waals surface area contributed by atoms with Crippen molar-refractivity contribution in [2.75, 3.05) is 0 Å². The van der Waals surface area contributed by atoms with Gasteiger partial charge in [0.15, 0.2) is 0 Å². The van der Waals surface area contributed by atoms with Gasteiger partial charge in [0.1, 0.15) is 0 Å². The molecule has 27 heavy (non-hydrogen) atoms. The van der Waals surface area contributed by atoms with E-state index < -0.39 is 12.5 Å². The number of amides is 1. The molecule has 0 bridgehead atoms. The highest BCUT2D eigenvalue weighted by molar-refractivity contribution is 6.35. The lowest BCUT2D eigenvalue weighted by atomic mass is 10.1. The summed E-state index contributed by atoms with van der Waals surface area (Å²) >= 11 is 12.1. The Balaban J connectivity index is 2.35. The van der Waals surface area contributed by atoms with Gasteiger partial charge in [0.25, 0.3) is 5.91 Å². The molecule has 0 aliphatic carbocycles. The van der Waals surface area contributed by atoms with Crippen LogP contribution in [0.2, 0.25) is 10.0 Å². The number of hydrogen-bond acceptors (Lipinski definition) is 5. The summed E-state index contributed by atoms with van der Waals surface area (Å²) in [7, 11) is 0. The third-order valence-corrected chi connectivity index (χ3v) is 3.91. The number of benzene rings is 1. The van der Waals surface area contributed by atoms with E-state index in [2.05, 4.69) is 20.3 Å². The van der Waals surface area contributed by atoms with E-state index in [1.807, 2.05) is 0 Å². The Morgan fingerprint density at radius 2 is 1.96 bits per heavy atom. The zero-order valence-corrected chi connectivity index (χ0v) is 15.8. The predicted octanol–water partition coefficient (Wildman–Crippen LogP) is 4.05. The van der Waals surface area contributed by atoms with E-state index >= 15 is 0 Å². The molecule has 10 heteroatoms. The summed E-state index contributed by atoms with van der Waals surface area (Å²) < 4.78 is 24.9. The summed E-state index contributed by atoms with van der Waals surface area (Å²) in [5.41, 5.74) is 6.51. The number of carbonyl (C=O) groups is 1. The Kier molecular flexibility index (Phi) is 6.81. The normalized spacial score (nSPS) is 12.8. The number of nitrogens with zero attached hydrogens (tertiary/aromatic N) is 3. The molecule has 0 radical (unpaired) electrons. The second-order valence-corrected chi connectivity index (χ2v) is 6.24. The summed E-state index contributed by atoms with van der Waals surface area (Å²) in [4.78, 5) is 23.6. The van der Waals surface area contributed by atoms with Crippen molar-refractivity contribution < 1.29 is 13.6 Å². The van der Waals surface area contributed by atoms with Gasteiger partial charge in [-0.25, -0.2) is 15.0 Å². The Labute approximate surface area is 164 Å². The number of allylic oxidation sites excluding steroid dienone is 2. The zero-order chi connectivity index (χ0) is 20.1. The van der Waals surface area contributed by atoms with Crippen molar-refractivity contribution in [3.05, 3.63) is 57.7 Å². The van der Waals surface area contributed by atoms with Gasteiger partial charge < -0.3 is 11.1 Å². The molecule has 0 atom stereocenters. The Morgan fingerprint density at radius 3 is 2.59 bits per heavy atom. The van der Waals surface area contributed by atoms with E-state index in [0.29, 0.717) is 21.3 Å². The Morgan fingerprint density at radius 1 is 1.26 bits per heavy atom. The molecule has 0 aliphatic heterocycles. The summed E-state index contributed by atoms with van der Waals surface area (Å²) in [5.74, 6) is -0.939. The minimum atomic E-state index is -2.93. The molecule has 6 nitrogen and oxygen atoms in total. The van der Waals surface area contributed by atoms with Crippen LogP contribution >= 0.6 is 23.2 Å². The van der Waals surface area contributed by atoms with E-state index in [-0.39, 0.29) is 22.9 Å². The van der Waals surface area contributed by atoms with Crippen molar-refractivity contribution in [3.8, 4) is 11.3 Å². The van der Waals surface area contributed by atoms with Crippen LogP contribution < -0.4 is 11.1 Å². The summed E-state index contributed by atoms with van der Waals surface area (Å²) in [6, 6.07) is 6.38. The third-order valence-electron chi connectivity index (χ3n) is 3.35. The lowest BCUT2D eigenvalue weighted by Gasteiger charge is -2.12. The van der Waals surface area contributed by atoms with Crippen molar-refractivity contribution in [1.82, 2.24) is 15.3 Å². The van der Waals surface area contributed by atoms with E-state index in [4.69, 9.17) is 28.9 Å². The summed E-state index contributed by atoms with van der Waals surface area (Å²) in [5, 5.41) is 3.25. The smallest absolute Gasteiger partial charge is 0.332 e. The molecule has 0 spiro atoms. The number of halogens is 4. The van der Waals surface area contributed by atoms with Crippen molar-refractivity contribution >= 4 is 34.8 Å². The van der Waals surface area contributed by atoms with Crippen LogP contribution in [-0.2, 0) is 0 Å². The first-order valence-corrected chi connectivity index (χ1v) is 8.33. The van der Waals surface area contributed by atoms with Crippen LogP contribution in [0.4, 0.5) is 8.78 Å². The Hall–Kier alpha value is -2.58. The van der Waals surface area contributed by atoms with Crippen molar-refractivity contribution in [3.63, 3.8) is 0 Å². The number of alkyl halides is 2. The lowest BCUT2D eigenvalue weighted by Crippen LogP contribution is -2.30. The molecule has 0 aliphatic rings. The maximum Gasteiger partial charge on any atom is 0.332 e. The standard InChI is InChI=1S/C17H15Cl2F2N5O/c1-8(22)14(9(2)24-17(20)21)26-16(27)15-23-6-5-13(25-15)11-7-10(18)3-4-12(11)19/h3-7,17H,22H2,1-2H3,(H,26,27)/b14-8+,24-9+. The van der Waals surface area contributed by atoms with Gasteiger partial charge in [-0.3, -0.25) is 4.79 Å². The van der Waals surface area contributed by atoms with Gasteiger partial charge in [-0.2, -0.15) is 8.78 Å². The maximum atomic E-state index is 12.5. The van der Waals surface area contributed by atoms with Gasteiger partial charge in [-0.1, -0.05) is 23.2 Å². The van der Waals surface area contributed by atoms with Gasteiger partial charge in [-0.15, -0.1) is 0 Å². The quantitative estimate of drug-likeness (QED) is 0.570. The highest BCUT2D eigenvalue weighted by Gasteiger charge is 2.17. The first-order chi connectivity index (χ1) is 12.7. The number of aliphatic imine (C=N–C) groups is 1. The fourth-order valence-corrected chi connectivity index (χ4v) is 2.55. The van der Waals surface area contributed by atoms with Crippen LogP contribution in [0.5, 0.6) is 0 Å². The van der Waals surface area contributed by atoms with Gasteiger partial charge in [0, 0.05) is 22.5 Å². The van der Waals surface area contributed by atoms with Crippen molar-refractivity contribution in [2.45, 2.75) is 20.4 Å². The zero-order valence-electron chi connectivity index (χ0n) is 14.3. The van der Waals surface area contributed by atoms with Crippen LogP contribution in [0, 0.1) is 0 Å². The molecule has 1 aromatic heterocycles. The average Bonchev–Trinajstić information content (AvgIpc) is 2.60. The molecule has 3 N–H and O–H groups in total. The van der Waals surface area contributed by atoms with Crippen LogP contribution in [0.1, 0.15) is 24.5 Å². The molecule has 0 saturated carbocycles. The van der Waals surface area contributed by atoms with Gasteiger partial charge >= 0.3 is 6.55 Å². The summed E-state index contributed by atoms with van der Waals surface area (Å²) in [6.07, 6.45) is 1.37. The molecule has 2 rings (SSSR count). The van der Waals surface area contributed by atoms with Crippen LogP contribution in [0.3, 0.4) is 0 Å². The predicted molar refractivity (Wildman–Crippen MR) is 101 cm³/mol. The molecule has 2 aromatic rings. The van der Waals surface area contributed by atoms with Gasteiger partial charge in [0.2, 0.25) is 5.82 Å². The third kappa shape index (κ3) is 5.45. The molecule has 0 fully saturated rings. The van der Waals surface area contributed by atoms with Gasteiger partial charge in [0.05, 0.1) is 22.1 Å². The number of nitrogens with two attached hydrogens (primary N) is 1. The lowest BCUT2D eigenvalue weighted by molar-refractivity contribution is 0.0956. The average molecular weight is 414 g/mol. The van der Waals surface area contributed by atoms with E-state index in [0.717, 1.165) is 0 Å². The highest BCUT2D eigenvalue weighted by Crippen LogP contribution is 2.29. The largest absolute Gasteiger partial charge is 0.401 e. The van der Waals surface area contributed by atoms with Crippen molar-refractivity contribution in [1.29, 1.82) is 0 Å². The van der Waals surface area contributed by atoms with E-state index in [1.165, 1.54) is 20.0 Å². The number of aromatic nitrogens is 2. The fraction of sp³-hybridized carbons (Fsp3) is 0.176. The fourth-order valence-electron chi connectivity index (χ4n) is 2.17. The van der Waals surface area contributed by atoms with Gasteiger partial charge in [-0.05, 0) is 38.1 Å². The first kappa shape index (κ1) is 20.7. The van der Waals surface area contributed by atoms with Crippen LogP contribution in [0.15, 0.2) is 46.8 Å². The highest BCUT2D eigenvalue weighted by atomic mass is 35.5. The Bertz CT molecular complexity index is 927. The maximum absolute atomic E-state index is 12.5. The van der Waals surface area contributed by atoms with E-state index in [1.54, 1.807) is 24.3 Å². The topological polar surface area (TPSA) is 93.3 Å². The number of rotatable bonds is 5. The first-order valence-electron chi connectivity index (χ1n) is 7.58. The molecule has 1 heterocycles. The molecule has 1 amide bonds. The SMILES string of the molecule is CC(=N\C(F)F)/C(NC(=O)c1nccc(-c2cc(Cl)ccc2Cl)n1)=C(/C)N. The van der Waals surface area contributed by atoms with E-state index in [9.17, 15) is 13.6 Å². The second kappa shape index (κ2) is 8.88.